The number of aromatic nitrogens is 3. The Morgan fingerprint density at radius 3 is 2.96 bits per heavy atom. The molecule has 1 fully saturated rings. The zero-order valence-electron chi connectivity index (χ0n) is 14.8. The molecule has 1 amide bonds. The number of nitrogen functional groups attached to an aromatic ring is 1. The fourth-order valence-electron chi connectivity index (χ4n) is 2.94. The minimum atomic E-state index is 0.0838. The van der Waals surface area contributed by atoms with E-state index in [9.17, 15) is 4.79 Å². The van der Waals surface area contributed by atoms with Crippen LogP contribution in [-0.2, 0) is 6.54 Å². The van der Waals surface area contributed by atoms with Gasteiger partial charge in [0.15, 0.2) is 0 Å². The summed E-state index contributed by atoms with van der Waals surface area (Å²) in [6.07, 6.45) is 4.33. The minimum Gasteiger partial charge on any atom is -0.384 e. The van der Waals surface area contributed by atoms with Crippen LogP contribution in [0.4, 0.5) is 5.82 Å². The third-order valence-corrected chi connectivity index (χ3v) is 5.71. The molecule has 3 heterocycles. The first-order valence-corrected chi connectivity index (χ1v) is 9.28. The highest BCUT2D eigenvalue weighted by molar-refractivity contribution is 7.13. The quantitative estimate of drug-likeness (QED) is 0.877. The Bertz CT molecular complexity index is 746. The van der Waals surface area contributed by atoms with E-state index in [4.69, 9.17) is 5.73 Å². The molecule has 1 atom stereocenters. The molecule has 3 rings (SSSR count). The lowest BCUT2D eigenvalue weighted by Gasteiger charge is -2.23. The van der Waals surface area contributed by atoms with E-state index < -0.39 is 0 Å². The predicted molar refractivity (Wildman–Crippen MR) is 98.4 cm³/mol. The van der Waals surface area contributed by atoms with Gasteiger partial charge in [0.25, 0.3) is 5.91 Å². The van der Waals surface area contributed by atoms with E-state index in [0.717, 1.165) is 22.9 Å². The average Bonchev–Trinajstić information content (AvgIpc) is 3.24. The molecule has 0 spiro atoms. The minimum absolute atomic E-state index is 0.0838. The highest BCUT2D eigenvalue weighted by atomic mass is 32.1. The van der Waals surface area contributed by atoms with Crippen LogP contribution >= 0.6 is 11.3 Å². The molecule has 134 valence electrons. The fourth-order valence-corrected chi connectivity index (χ4v) is 3.83. The molecular weight excluding hydrogens is 336 g/mol. The summed E-state index contributed by atoms with van der Waals surface area (Å²) in [4.78, 5) is 30.4. The normalized spacial score (nSPS) is 17.6. The van der Waals surface area contributed by atoms with Crippen molar-refractivity contribution in [1.82, 2.24) is 24.8 Å². The van der Waals surface area contributed by atoms with Crippen molar-refractivity contribution in [3.63, 3.8) is 0 Å². The molecule has 7 nitrogen and oxygen atoms in total. The van der Waals surface area contributed by atoms with Crippen molar-refractivity contribution in [3.8, 4) is 0 Å². The van der Waals surface area contributed by atoms with Crippen molar-refractivity contribution in [2.75, 3.05) is 25.9 Å². The number of anilines is 1. The molecule has 2 N–H and O–H groups in total. The Labute approximate surface area is 151 Å². The Balaban J connectivity index is 1.59. The van der Waals surface area contributed by atoms with Gasteiger partial charge in [-0.3, -0.25) is 9.69 Å². The molecule has 0 radical (unpaired) electrons. The summed E-state index contributed by atoms with van der Waals surface area (Å²) in [7, 11) is 2.04. The van der Waals surface area contributed by atoms with Crippen LogP contribution in [-0.4, -0.2) is 56.8 Å². The molecule has 0 saturated carbocycles. The number of hydrogen-bond acceptors (Lipinski definition) is 7. The van der Waals surface area contributed by atoms with Crippen LogP contribution in [0.2, 0.25) is 0 Å². The number of rotatable bonds is 5. The molecule has 0 unspecified atom stereocenters. The number of thiazole rings is 1. The number of carbonyl (C=O) groups excluding carboxylic acids is 1. The fraction of sp³-hybridized carbons (Fsp3) is 0.529. The molecule has 25 heavy (non-hydrogen) atoms. The number of hydrogen-bond donors (Lipinski definition) is 1. The van der Waals surface area contributed by atoms with E-state index in [1.54, 1.807) is 18.5 Å². The van der Waals surface area contributed by atoms with E-state index in [-0.39, 0.29) is 5.91 Å². The number of nitrogens with zero attached hydrogens (tertiary/aromatic N) is 5. The average molecular weight is 360 g/mol. The lowest BCUT2D eigenvalue weighted by Crippen LogP contribution is -2.36. The molecule has 1 saturated heterocycles. The smallest absolute Gasteiger partial charge is 0.265 e. The van der Waals surface area contributed by atoms with Crippen LogP contribution in [0.5, 0.6) is 0 Å². The Morgan fingerprint density at radius 2 is 2.28 bits per heavy atom. The van der Waals surface area contributed by atoms with Gasteiger partial charge >= 0.3 is 0 Å². The van der Waals surface area contributed by atoms with E-state index in [1.807, 2.05) is 11.9 Å². The monoisotopic (exact) mass is 360 g/mol. The third kappa shape index (κ3) is 4.13. The molecule has 2 aromatic heterocycles. The summed E-state index contributed by atoms with van der Waals surface area (Å²) < 4.78 is 0. The molecule has 8 heteroatoms. The van der Waals surface area contributed by atoms with Gasteiger partial charge in [-0.2, -0.15) is 0 Å². The summed E-state index contributed by atoms with van der Waals surface area (Å²) in [6.45, 7) is 6.28. The molecule has 2 aromatic rings. The zero-order chi connectivity index (χ0) is 18.0. The van der Waals surface area contributed by atoms with Crippen molar-refractivity contribution in [3.05, 3.63) is 34.2 Å². The summed E-state index contributed by atoms with van der Waals surface area (Å²) in [6, 6.07) is 1.98. The number of likely N-dealkylation sites (N-methyl/N-ethyl adjacent to an activating group) is 1. The largest absolute Gasteiger partial charge is 0.384 e. The topological polar surface area (TPSA) is 88.2 Å². The summed E-state index contributed by atoms with van der Waals surface area (Å²) in [5.74, 6) is 1.62. The van der Waals surface area contributed by atoms with E-state index in [0.29, 0.717) is 36.7 Å². The van der Waals surface area contributed by atoms with Gasteiger partial charge in [0.1, 0.15) is 16.5 Å². The maximum absolute atomic E-state index is 12.7. The maximum atomic E-state index is 12.7. The Hall–Kier alpha value is -2.06. The molecule has 0 bridgehead atoms. The van der Waals surface area contributed by atoms with Crippen molar-refractivity contribution >= 4 is 23.1 Å². The van der Waals surface area contributed by atoms with Gasteiger partial charge in [0.2, 0.25) is 0 Å². The van der Waals surface area contributed by atoms with Crippen LogP contribution in [0.3, 0.4) is 0 Å². The van der Waals surface area contributed by atoms with Crippen LogP contribution in [0, 0.1) is 0 Å². The SMILES string of the molecule is CC(C)c1ncc(C(=O)N2CC[C@H](N(C)Cc3nccc(N)n3)C2)s1. The lowest BCUT2D eigenvalue weighted by molar-refractivity contribution is 0.0784. The van der Waals surface area contributed by atoms with Crippen molar-refractivity contribution < 1.29 is 4.79 Å². The van der Waals surface area contributed by atoms with Gasteiger partial charge in [-0.15, -0.1) is 11.3 Å². The van der Waals surface area contributed by atoms with Gasteiger partial charge in [-0.1, -0.05) is 13.8 Å². The van der Waals surface area contributed by atoms with Crippen molar-refractivity contribution in [2.45, 2.75) is 38.8 Å². The van der Waals surface area contributed by atoms with Gasteiger partial charge < -0.3 is 10.6 Å². The molecular formula is C17H24N6OS. The second-order valence-corrected chi connectivity index (χ2v) is 7.79. The van der Waals surface area contributed by atoms with Crippen LogP contribution in [0.25, 0.3) is 0 Å². The van der Waals surface area contributed by atoms with Crippen molar-refractivity contribution in [2.24, 2.45) is 0 Å². The van der Waals surface area contributed by atoms with Crippen molar-refractivity contribution in [1.29, 1.82) is 0 Å². The number of nitrogens with two attached hydrogens (primary N) is 1. The number of carbonyl (C=O) groups is 1. The van der Waals surface area contributed by atoms with Gasteiger partial charge in [0.05, 0.1) is 17.7 Å². The van der Waals surface area contributed by atoms with Gasteiger partial charge in [-0.25, -0.2) is 15.0 Å². The summed E-state index contributed by atoms with van der Waals surface area (Å²) in [5, 5.41) is 1.01. The van der Waals surface area contributed by atoms with E-state index in [1.165, 1.54) is 11.3 Å². The first-order chi connectivity index (χ1) is 11.9. The highest BCUT2D eigenvalue weighted by Gasteiger charge is 2.30. The first-order valence-electron chi connectivity index (χ1n) is 8.46. The first kappa shape index (κ1) is 17.8. The van der Waals surface area contributed by atoms with Crippen LogP contribution < -0.4 is 5.73 Å². The second kappa shape index (κ2) is 7.45. The van der Waals surface area contributed by atoms with E-state index in [2.05, 4.69) is 33.7 Å². The molecule has 1 aliphatic rings. The Kier molecular flexibility index (Phi) is 5.29. The second-order valence-electron chi connectivity index (χ2n) is 6.72. The highest BCUT2D eigenvalue weighted by Crippen LogP contribution is 2.24. The predicted octanol–water partition coefficient (Wildman–Crippen LogP) is 1.99. The van der Waals surface area contributed by atoms with Gasteiger partial charge in [0, 0.05) is 31.2 Å². The molecule has 1 aliphatic heterocycles. The molecule has 0 aliphatic carbocycles. The molecule has 0 aromatic carbocycles. The number of amides is 1. The standard InChI is InChI=1S/C17H24N6OS/c1-11(2)16-20-8-13(25-16)17(24)23-7-5-12(9-23)22(3)10-15-19-6-4-14(18)21-15/h4,6,8,11-12H,5,7,9-10H2,1-3H3,(H2,18,19,21)/t12-/m0/s1. The summed E-state index contributed by atoms with van der Waals surface area (Å²) in [5.41, 5.74) is 5.71. The summed E-state index contributed by atoms with van der Waals surface area (Å²) >= 11 is 1.50. The third-order valence-electron chi connectivity index (χ3n) is 4.42. The zero-order valence-corrected chi connectivity index (χ0v) is 15.7. The Morgan fingerprint density at radius 1 is 1.48 bits per heavy atom. The van der Waals surface area contributed by atoms with Gasteiger partial charge in [-0.05, 0) is 19.5 Å². The van der Waals surface area contributed by atoms with E-state index >= 15 is 0 Å². The van der Waals surface area contributed by atoms with Crippen LogP contribution in [0.15, 0.2) is 18.5 Å². The number of likely N-dealkylation sites (tertiary alicyclic amines) is 1. The van der Waals surface area contributed by atoms with Crippen LogP contribution in [0.1, 0.15) is 46.7 Å². The lowest BCUT2D eigenvalue weighted by atomic mass is 10.2. The maximum Gasteiger partial charge on any atom is 0.265 e.